The van der Waals surface area contributed by atoms with E-state index in [1.54, 1.807) is 0 Å². The predicted octanol–water partition coefficient (Wildman–Crippen LogP) is 1.32. The molecular formula is C11H12F2N4O3. The van der Waals surface area contributed by atoms with E-state index in [1.807, 2.05) is 0 Å². The molecule has 0 aliphatic carbocycles. The first-order chi connectivity index (χ1) is 9.47. The van der Waals surface area contributed by atoms with Crippen LogP contribution < -0.4 is 5.32 Å². The molecule has 0 saturated carbocycles. The number of alkyl halides is 2. The van der Waals surface area contributed by atoms with Crippen molar-refractivity contribution in [1.29, 1.82) is 0 Å². The van der Waals surface area contributed by atoms with E-state index in [1.165, 1.54) is 17.2 Å². The summed E-state index contributed by atoms with van der Waals surface area (Å²) in [5.74, 6) is 0. The largest absolute Gasteiger partial charge is 0.332 e. The van der Waals surface area contributed by atoms with Gasteiger partial charge in [-0.05, 0) is 5.56 Å². The number of rotatable bonds is 3. The number of carbonyl (C=O) groups is 1. The second-order valence-electron chi connectivity index (χ2n) is 4.31. The molecule has 1 aliphatic rings. The summed E-state index contributed by atoms with van der Waals surface area (Å²) < 4.78 is 24.0. The number of carbonyl (C=O) groups excluding carboxylic acids is 1. The van der Waals surface area contributed by atoms with E-state index >= 15 is 0 Å². The van der Waals surface area contributed by atoms with Crippen LogP contribution in [0.5, 0.6) is 0 Å². The number of hydrogen-bond donors (Lipinski definition) is 1. The Balaban J connectivity index is 2.07. The van der Waals surface area contributed by atoms with Gasteiger partial charge in [-0.25, -0.2) is 13.6 Å². The predicted molar refractivity (Wildman–Crippen MR) is 64.4 cm³/mol. The van der Waals surface area contributed by atoms with Crippen molar-refractivity contribution in [2.75, 3.05) is 13.1 Å². The molecule has 0 saturated heterocycles. The maximum atomic E-state index is 12.0. The first-order valence-corrected chi connectivity index (χ1v) is 5.90. The molecule has 1 aromatic heterocycles. The second kappa shape index (κ2) is 5.76. The van der Waals surface area contributed by atoms with Gasteiger partial charge in [0.2, 0.25) is 0 Å². The van der Waals surface area contributed by atoms with E-state index < -0.39 is 23.9 Å². The second-order valence-corrected chi connectivity index (χ2v) is 4.31. The number of urea groups is 1. The fourth-order valence-electron chi connectivity index (χ4n) is 1.96. The summed E-state index contributed by atoms with van der Waals surface area (Å²) in [5.41, 5.74) is 1.10. The summed E-state index contributed by atoms with van der Waals surface area (Å²) in [5, 5.41) is 12.8. The highest BCUT2D eigenvalue weighted by Crippen LogP contribution is 2.21. The first kappa shape index (κ1) is 14.1. The Kier molecular flexibility index (Phi) is 4.06. The van der Waals surface area contributed by atoms with Gasteiger partial charge in [0.15, 0.2) is 0 Å². The molecule has 0 bridgehead atoms. The molecule has 7 nitrogen and oxygen atoms in total. The molecule has 0 spiro atoms. The number of nitrogens with one attached hydrogen (secondary N) is 1. The van der Waals surface area contributed by atoms with E-state index in [0.29, 0.717) is 24.2 Å². The molecule has 1 N–H and O–H groups in total. The number of aromatic nitrogens is 1. The molecule has 1 aliphatic heterocycles. The maximum Gasteiger partial charge on any atom is 0.317 e. The van der Waals surface area contributed by atoms with Gasteiger partial charge < -0.3 is 10.2 Å². The zero-order valence-corrected chi connectivity index (χ0v) is 10.4. The van der Waals surface area contributed by atoms with Gasteiger partial charge in [-0.1, -0.05) is 0 Å². The normalized spacial score (nSPS) is 14.1. The van der Waals surface area contributed by atoms with Gasteiger partial charge in [0.1, 0.15) is 6.20 Å². The van der Waals surface area contributed by atoms with Crippen LogP contribution in [0.3, 0.4) is 0 Å². The monoisotopic (exact) mass is 286 g/mol. The molecule has 2 amide bonds. The van der Waals surface area contributed by atoms with E-state index in [9.17, 15) is 23.7 Å². The van der Waals surface area contributed by atoms with Crippen LogP contribution in [0, 0.1) is 10.1 Å². The molecule has 0 unspecified atom stereocenters. The molecule has 0 aromatic carbocycles. The first-order valence-electron chi connectivity index (χ1n) is 5.90. The number of nitro groups is 1. The molecule has 2 rings (SSSR count). The molecule has 2 heterocycles. The summed E-state index contributed by atoms with van der Waals surface area (Å²) in [6.45, 7) is -0.249. The topological polar surface area (TPSA) is 88.4 Å². The fourth-order valence-corrected chi connectivity index (χ4v) is 1.96. The summed E-state index contributed by atoms with van der Waals surface area (Å²) in [6, 6.07) is 0.747. The Hall–Kier alpha value is -2.32. The Morgan fingerprint density at radius 2 is 2.35 bits per heavy atom. The number of pyridine rings is 1. The van der Waals surface area contributed by atoms with Crippen LogP contribution >= 0.6 is 0 Å². The standard InChI is InChI=1S/C11H12F2N4O3/c12-10(13)5-15-11(18)16-2-1-9-7(6-16)3-8(4-14-9)17(19)20/h3-4,10H,1-2,5-6H2,(H,15,18). The summed E-state index contributed by atoms with van der Waals surface area (Å²) >= 11 is 0. The van der Waals surface area contributed by atoms with E-state index in [4.69, 9.17) is 0 Å². The number of halogens is 2. The zero-order chi connectivity index (χ0) is 14.7. The molecular weight excluding hydrogens is 274 g/mol. The average Bonchev–Trinajstić information content (AvgIpc) is 2.43. The van der Waals surface area contributed by atoms with Crippen molar-refractivity contribution in [3.8, 4) is 0 Å². The molecule has 1 aromatic rings. The van der Waals surface area contributed by atoms with Crippen LogP contribution in [-0.4, -0.2) is 40.4 Å². The molecule has 0 fully saturated rings. The van der Waals surface area contributed by atoms with Crippen LogP contribution in [0.4, 0.5) is 19.3 Å². The van der Waals surface area contributed by atoms with Crippen LogP contribution in [0.2, 0.25) is 0 Å². The summed E-state index contributed by atoms with van der Waals surface area (Å²) in [4.78, 5) is 27.1. The minimum absolute atomic E-state index is 0.124. The van der Waals surface area contributed by atoms with Crippen molar-refractivity contribution < 1.29 is 18.5 Å². The zero-order valence-electron chi connectivity index (χ0n) is 10.4. The van der Waals surface area contributed by atoms with Crippen molar-refractivity contribution in [2.45, 2.75) is 19.4 Å². The molecule has 108 valence electrons. The Morgan fingerprint density at radius 3 is 3.00 bits per heavy atom. The maximum absolute atomic E-state index is 12.0. The third-order valence-corrected chi connectivity index (χ3v) is 2.93. The van der Waals surface area contributed by atoms with E-state index in [2.05, 4.69) is 10.3 Å². The summed E-state index contributed by atoms with van der Waals surface area (Å²) in [6.07, 6.45) is -1.00. The van der Waals surface area contributed by atoms with Crippen molar-refractivity contribution in [3.63, 3.8) is 0 Å². The van der Waals surface area contributed by atoms with Crippen molar-refractivity contribution in [1.82, 2.24) is 15.2 Å². The van der Waals surface area contributed by atoms with Gasteiger partial charge in [-0.3, -0.25) is 15.1 Å². The molecule has 20 heavy (non-hydrogen) atoms. The number of hydrogen-bond acceptors (Lipinski definition) is 4. The molecule has 0 radical (unpaired) electrons. The quantitative estimate of drug-likeness (QED) is 0.670. The van der Waals surface area contributed by atoms with Crippen LogP contribution in [0.15, 0.2) is 12.3 Å². The van der Waals surface area contributed by atoms with Gasteiger partial charge in [0, 0.05) is 31.3 Å². The van der Waals surface area contributed by atoms with Gasteiger partial charge in [0.25, 0.3) is 12.1 Å². The Morgan fingerprint density at radius 1 is 1.60 bits per heavy atom. The summed E-state index contributed by atoms with van der Waals surface area (Å²) in [7, 11) is 0. The number of amides is 2. The third-order valence-electron chi connectivity index (χ3n) is 2.93. The van der Waals surface area contributed by atoms with E-state index in [0.717, 1.165) is 0 Å². The highest BCUT2D eigenvalue weighted by atomic mass is 19.3. The SMILES string of the molecule is O=C(NCC(F)F)N1CCc2ncc([N+](=O)[O-])cc2C1. The lowest BCUT2D eigenvalue weighted by atomic mass is 10.1. The van der Waals surface area contributed by atoms with E-state index in [-0.39, 0.29) is 12.2 Å². The number of nitrogens with zero attached hydrogens (tertiary/aromatic N) is 3. The van der Waals surface area contributed by atoms with Gasteiger partial charge >= 0.3 is 6.03 Å². The van der Waals surface area contributed by atoms with Gasteiger partial charge in [-0.2, -0.15) is 0 Å². The van der Waals surface area contributed by atoms with Gasteiger partial charge in [-0.15, -0.1) is 0 Å². The van der Waals surface area contributed by atoms with Crippen molar-refractivity contribution >= 4 is 11.7 Å². The number of fused-ring (bicyclic) bond motifs is 1. The van der Waals surface area contributed by atoms with Crippen LogP contribution in [0.25, 0.3) is 0 Å². The smallest absolute Gasteiger partial charge is 0.317 e. The highest BCUT2D eigenvalue weighted by Gasteiger charge is 2.23. The van der Waals surface area contributed by atoms with Crippen molar-refractivity contribution in [3.05, 3.63) is 33.6 Å². The van der Waals surface area contributed by atoms with Gasteiger partial charge in [0.05, 0.1) is 11.5 Å². The Labute approximate surface area is 112 Å². The van der Waals surface area contributed by atoms with Crippen molar-refractivity contribution in [2.24, 2.45) is 0 Å². The minimum atomic E-state index is -2.61. The average molecular weight is 286 g/mol. The van der Waals surface area contributed by atoms with Crippen LogP contribution in [-0.2, 0) is 13.0 Å². The van der Waals surface area contributed by atoms with Crippen LogP contribution in [0.1, 0.15) is 11.3 Å². The third kappa shape index (κ3) is 3.16. The lowest BCUT2D eigenvalue weighted by Crippen LogP contribution is -2.44. The Bertz CT molecular complexity index is 538. The molecule has 9 heteroatoms. The fraction of sp³-hybridized carbons (Fsp3) is 0.455. The lowest BCUT2D eigenvalue weighted by Gasteiger charge is -2.28. The lowest BCUT2D eigenvalue weighted by molar-refractivity contribution is -0.385. The minimum Gasteiger partial charge on any atom is -0.332 e. The molecule has 0 atom stereocenters. The highest BCUT2D eigenvalue weighted by molar-refractivity contribution is 5.74.